The first-order valence-corrected chi connectivity index (χ1v) is 13.6. The fraction of sp³-hybridized carbons (Fsp3) is 0.400. The first-order chi connectivity index (χ1) is 17.6. The molecule has 1 heterocycles. The second kappa shape index (κ2) is 10.9. The molecule has 0 radical (unpaired) electrons. The number of nitrogens with two attached hydrogens (primary N) is 1. The number of rotatable bonds is 9. The summed E-state index contributed by atoms with van der Waals surface area (Å²) in [5.41, 5.74) is 7.21. The Labute approximate surface area is 215 Å². The SMILES string of the molecule is Cc1ccc(-c2n[nH]c(C(N)=O)n2)cc1-c1cc(S(=O)(=O)NCCN(C)C2CCCCC2)c(O)cc1O. The van der Waals surface area contributed by atoms with Gasteiger partial charge in [-0.15, -0.1) is 0 Å². The quantitative estimate of drug-likeness (QED) is 0.281. The lowest BCUT2D eigenvalue weighted by Crippen LogP contribution is -2.39. The number of amides is 1. The van der Waals surface area contributed by atoms with Gasteiger partial charge in [0.25, 0.3) is 5.91 Å². The van der Waals surface area contributed by atoms with Crippen LogP contribution in [0.15, 0.2) is 35.2 Å². The Kier molecular flexibility index (Phi) is 7.81. The van der Waals surface area contributed by atoms with Crippen molar-refractivity contribution >= 4 is 15.9 Å². The lowest BCUT2D eigenvalue weighted by molar-refractivity contribution is 0.0991. The van der Waals surface area contributed by atoms with E-state index in [4.69, 9.17) is 5.73 Å². The number of benzene rings is 2. The number of primary amides is 1. The van der Waals surface area contributed by atoms with Gasteiger partial charge in [-0.05, 0) is 50.1 Å². The van der Waals surface area contributed by atoms with Gasteiger partial charge in [0, 0.05) is 36.3 Å². The molecule has 198 valence electrons. The summed E-state index contributed by atoms with van der Waals surface area (Å²) in [6.45, 7) is 2.53. The molecule has 0 atom stereocenters. The third-order valence-electron chi connectivity index (χ3n) is 6.83. The molecule has 1 aliphatic rings. The predicted octanol–water partition coefficient (Wildman–Crippen LogP) is 2.50. The number of nitrogens with one attached hydrogen (secondary N) is 2. The molecular formula is C25H32N6O5S. The maximum atomic E-state index is 13.1. The highest BCUT2D eigenvalue weighted by Crippen LogP contribution is 2.39. The Hall–Kier alpha value is -3.48. The Morgan fingerprint density at radius 2 is 1.86 bits per heavy atom. The highest BCUT2D eigenvalue weighted by molar-refractivity contribution is 7.89. The molecule has 1 saturated carbocycles. The molecule has 1 amide bonds. The zero-order chi connectivity index (χ0) is 26.7. The predicted molar refractivity (Wildman–Crippen MR) is 139 cm³/mol. The molecule has 0 saturated heterocycles. The van der Waals surface area contributed by atoms with Gasteiger partial charge in [0.1, 0.15) is 16.4 Å². The number of aryl methyl sites for hydroxylation is 1. The largest absolute Gasteiger partial charge is 0.507 e. The molecule has 0 aliphatic heterocycles. The summed E-state index contributed by atoms with van der Waals surface area (Å²) in [5, 5.41) is 27.5. The van der Waals surface area contributed by atoms with Crippen LogP contribution in [-0.4, -0.2) is 70.8 Å². The minimum absolute atomic E-state index is 0.0989. The highest BCUT2D eigenvalue weighted by Gasteiger charge is 2.24. The Balaban J connectivity index is 1.59. The molecule has 0 spiro atoms. The first-order valence-electron chi connectivity index (χ1n) is 12.2. The van der Waals surface area contributed by atoms with Crippen LogP contribution in [0.25, 0.3) is 22.5 Å². The minimum Gasteiger partial charge on any atom is -0.507 e. The standard InChI is InChI=1S/C25H32N6O5S/c1-15-8-9-16(24-28-25(23(26)34)30-29-24)12-18(15)19-13-22(21(33)14-20(19)32)37(35,36)27-10-11-31(2)17-6-4-3-5-7-17/h8-9,12-14,17,27,32-33H,3-7,10-11H2,1-2H3,(H2,26,34)(H,28,29,30). The van der Waals surface area contributed by atoms with Crippen molar-refractivity contribution in [3.8, 4) is 34.0 Å². The van der Waals surface area contributed by atoms with Gasteiger partial charge in [-0.3, -0.25) is 9.89 Å². The lowest BCUT2D eigenvalue weighted by atomic mass is 9.94. The third-order valence-corrected chi connectivity index (χ3v) is 8.32. The van der Waals surface area contributed by atoms with Crippen LogP contribution in [0.2, 0.25) is 0 Å². The summed E-state index contributed by atoms with van der Waals surface area (Å²) >= 11 is 0. The van der Waals surface area contributed by atoms with Crippen LogP contribution in [0.1, 0.15) is 48.3 Å². The van der Waals surface area contributed by atoms with Crippen LogP contribution in [0.4, 0.5) is 0 Å². The van der Waals surface area contributed by atoms with Crippen LogP contribution in [0, 0.1) is 6.92 Å². The van der Waals surface area contributed by atoms with Gasteiger partial charge >= 0.3 is 0 Å². The average Bonchev–Trinajstić information content (AvgIpc) is 3.36. The van der Waals surface area contributed by atoms with Crippen LogP contribution in [0.5, 0.6) is 11.5 Å². The van der Waals surface area contributed by atoms with E-state index in [0.29, 0.717) is 23.7 Å². The van der Waals surface area contributed by atoms with Crippen molar-refractivity contribution in [3.63, 3.8) is 0 Å². The van der Waals surface area contributed by atoms with Gasteiger partial charge in [-0.2, -0.15) is 5.10 Å². The van der Waals surface area contributed by atoms with Gasteiger partial charge in [0.2, 0.25) is 15.8 Å². The number of carbonyl (C=O) groups is 1. The summed E-state index contributed by atoms with van der Waals surface area (Å²) in [7, 11) is -2.07. The average molecular weight is 529 g/mol. The van der Waals surface area contributed by atoms with E-state index in [1.807, 2.05) is 7.05 Å². The Bertz CT molecular complexity index is 1400. The van der Waals surface area contributed by atoms with E-state index in [1.165, 1.54) is 25.3 Å². The Morgan fingerprint density at radius 1 is 1.14 bits per heavy atom. The molecule has 11 nitrogen and oxygen atoms in total. The number of hydrogen-bond donors (Lipinski definition) is 5. The number of aromatic nitrogens is 3. The normalized spacial score (nSPS) is 14.8. The van der Waals surface area contributed by atoms with Crippen molar-refractivity contribution in [1.82, 2.24) is 24.8 Å². The number of carbonyl (C=O) groups excluding carboxylic acids is 1. The molecule has 1 aliphatic carbocycles. The first kappa shape index (κ1) is 26.6. The maximum absolute atomic E-state index is 13.1. The van der Waals surface area contributed by atoms with Gasteiger partial charge < -0.3 is 20.8 Å². The van der Waals surface area contributed by atoms with E-state index in [-0.39, 0.29) is 34.4 Å². The summed E-state index contributed by atoms with van der Waals surface area (Å²) in [5.74, 6) is -1.48. The molecule has 37 heavy (non-hydrogen) atoms. The monoisotopic (exact) mass is 528 g/mol. The second-order valence-electron chi connectivity index (χ2n) is 9.41. The number of nitrogens with zero attached hydrogens (tertiary/aromatic N) is 3. The molecule has 0 bridgehead atoms. The van der Waals surface area contributed by atoms with Crippen molar-refractivity contribution < 1.29 is 23.4 Å². The van der Waals surface area contributed by atoms with Gasteiger partial charge in [-0.25, -0.2) is 18.1 Å². The fourth-order valence-electron chi connectivity index (χ4n) is 4.68. The van der Waals surface area contributed by atoms with Crippen molar-refractivity contribution in [2.45, 2.75) is 50.0 Å². The molecule has 3 aromatic rings. The second-order valence-corrected chi connectivity index (χ2v) is 11.1. The number of sulfonamides is 1. The lowest BCUT2D eigenvalue weighted by Gasteiger charge is -2.31. The van der Waals surface area contributed by atoms with Crippen molar-refractivity contribution in [1.29, 1.82) is 0 Å². The zero-order valence-corrected chi connectivity index (χ0v) is 21.7. The molecule has 0 unspecified atom stereocenters. The maximum Gasteiger partial charge on any atom is 0.286 e. The van der Waals surface area contributed by atoms with Crippen LogP contribution < -0.4 is 10.5 Å². The third kappa shape index (κ3) is 5.92. The summed E-state index contributed by atoms with van der Waals surface area (Å²) < 4.78 is 28.8. The van der Waals surface area contributed by atoms with Gasteiger partial charge in [0.15, 0.2) is 5.82 Å². The fourth-order valence-corrected chi connectivity index (χ4v) is 5.80. The van der Waals surface area contributed by atoms with E-state index in [2.05, 4.69) is 24.8 Å². The van der Waals surface area contributed by atoms with E-state index in [0.717, 1.165) is 24.5 Å². The van der Waals surface area contributed by atoms with Crippen molar-refractivity contribution in [2.24, 2.45) is 5.73 Å². The van der Waals surface area contributed by atoms with Crippen LogP contribution >= 0.6 is 0 Å². The number of likely N-dealkylation sites (N-methyl/N-ethyl adjacent to an activating group) is 1. The number of aromatic amines is 1. The number of phenols is 2. The van der Waals surface area contributed by atoms with Gasteiger partial charge in [0.05, 0.1) is 0 Å². The minimum atomic E-state index is -4.06. The van der Waals surface area contributed by atoms with E-state index in [1.54, 1.807) is 25.1 Å². The number of aromatic hydroxyl groups is 2. The molecule has 4 rings (SSSR count). The van der Waals surface area contributed by atoms with Crippen molar-refractivity contribution in [2.75, 3.05) is 20.1 Å². The van der Waals surface area contributed by atoms with Gasteiger partial charge in [-0.1, -0.05) is 31.4 Å². The number of phenolic OH excluding ortho intramolecular Hbond substituents is 2. The molecule has 12 heteroatoms. The Morgan fingerprint density at radius 3 is 2.54 bits per heavy atom. The molecular weight excluding hydrogens is 496 g/mol. The molecule has 2 aromatic carbocycles. The topological polar surface area (TPSA) is 175 Å². The van der Waals surface area contributed by atoms with E-state index in [9.17, 15) is 23.4 Å². The smallest absolute Gasteiger partial charge is 0.286 e. The summed E-state index contributed by atoms with van der Waals surface area (Å²) in [6, 6.07) is 7.86. The van der Waals surface area contributed by atoms with E-state index >= 15 is 0 Å². The van der Waals surface area contributed by atoms with Crippen molar-refractivity contribution in [3.05, 3.63) is 41.7 Å². The summed E-state index contributed by atoms with van der Waals surface area (Å²) in [4.78, 5) is 17.3. The van der Waals surface area contributed by atoms with Crippen LogP contribution in [0.3, 0.4) is 0 Å². The molecule has 1 fully saturated rings. The molecule has 1 aromatic heterocycles. The van der Waals surface area contributed by atoms with E-state index < -0.39 is 21.7 Å². The van der Waals surface area contributed by atoms with Crippen LogP contribution in [-0.2, 0) is 10.0 Å². The zero-order valence-electron chi connectivity index (χ0n) is 20.9. The summed E-state index contributed by atoms with van der Waals surface area (Å²) in [6.07, 6.45) is 5.85. The number of H-pyrrole nitrogens is 1. The highest BCUT2D eigenvalue weighted by atomic mass is 32.2. The molecule has 6 N–H and O–H groups in total. The number of hydrogen-bond acceptors (Lipinski definition) is 8.